The molecular weight excluding hydrogens is 286 g/mol. The summed E-state index contributed by atoms with van der Waals surface area (Å²) in [6, 6.07) is 5.67. The second-order valence-corrected chi connectivity index (χ2v) is 6.20. The van der Waals surface area contributed by atoms with Gasteiger partial charge < -0.3 is 16.0 Å². The average Bonchev–Trinajstić information content (AvgIpc) is 2.65. The van der Waals surface area contributed by atoms with Crippen LogP contribution in [0.4, 0.5) is 11.4 Å². The second-order valence-electron chi connectivity index (χ2n) is 5.76. The lowest BCUT2D eigenvalue weighted by molar-refractivity contribution is -0.116. The van der Waals surface area contributed by atoms with Gasteiger partial charge in [0.25, 0.3) is 0 Å². The Morgan fingerprint density at radius 3 is 3.05 bits per heavy atom. The zero-order valence-corrected chi connectivity index (χ0v) is 13.3. The van der Waals surface area contributed by atoms with Gasteiger partial charge in [-0.2, -0.15) is 0 Å². The number of nitrogens with zero attached hydrogens (tertiary/aromatic N) is 1. The molecule has 1 aromatic carbocycles. The van der Waals surface area contributed by atoms with Crippen LogP contribution in [0.25, 0.3) is 0 Å². The van der Waals surface area contributed by atoms with Gasteiger partial charge in [0.2, 0.25) is 5.91 Å². The normalized spacial score (nSPS) is 20.0. The molecule has 1 fully saturated rings. The number of nitrogen functional groups attached to an aromatic ring is 1. The predicted octanol–water partition coefficient (Wildman–Crippen LogP) is 3.52. The molecule has 1 aromatic rings. The zero-order chi connectivity index (χ0) is 15.2. The van der Waals surface area contributed by atoms with Gasteiger partial charge in [-0.3, -0.25) is 4.79 Å². The first-order valence-electron chi connectivity index (χ1n) is 7.65. The predicted molar refractivity (Wildman–Crippen MR) is 88.6 cm³/mol. The number of anilines is 2. The topological polar surface area (TPSA) is 58.4 Å². The molecule has 3 N–H and O–H groups in total. The number of halogens is 1. The van der Waals surface area contributed by atoms with Crippen LogP contribution in [0.2, 0.25) is 5.02 Å². The second kappa shape index (κ2) is 7.66. The van der Waals surface area contributed by atoms with E-state index in [1.807, 2.05) is 0 Å². The Labute approximate surface area is 131 Å². The lowest BCUT2D eigenvalue weighted by Gasteiger charge is -2.26. The Balaban J connectivity index is 1.85. The number of rotatable bonds is 4. The van der Waals surface area contributed by atoms with Gasteiger partial charge in [-0.15, -0.1) is 0 Å². The largest absolute Gasteiger partial charge is 0.397 e. The highest BCUT2D eigenvalue weighted by molar-refractivity contribution is 6.31. The van der Waals surface area contributed by atoms with Crippen molar-refractivity contribution in [1.29, 1.82) is 0 Å². The van der Waals surface area contributed by atoms with Gasteiger partial charge in [-0.1, -0.05) is 24.4 Å². The van der Waals surface area contributed by atoms with Crippen LogP contribution in [0.3, 0.4) is 0 Å². The number of carbonyl (C=O) groups is 1. The van der Waals surface area contributed by atoms with E-state index in [2.05, 4.69) is 17.1 Å². The Bertz CT molecular complexity index is 492. The van der Waals surface area contributed by atoms with Crippen LogP contribution in [0, 0.1) is 0 Å². The Kier molecular flexibility index (Phi) is 5.88. The Morgan fingerprint density at radius 1 is 1.43 bits per heavy atom. The fourth-order valence-electron chi connectivity index (χ4n) is 2.76. The van der Waals surface area contributed by atoms with Crippen molar-refractivity contribution in [1.82, 2.24) is 4.90 Å². The first-order chi connectivity index (χ1) is 10.1. The maximum atomic E-state index is 12.1. The van der Waals surface area contributed by atoms with Crippen molar-refractivity contribution in [2.75, 3.05) is 24.1 Å². The van der Waals surface area contributed by atoms with Crippen LogP contribution in [-0.4, -0.2) is 29.9 Å². The van der Waals surface area contributed by atoms with Crippen LogP contribution >= 0.6 is 11.6 Å². The third-order valence-electron chi connectivity index (χ3n) is 4.11. The minimum Gasteiger partial charge on any atom is -0.397 e. The lowest BCUT2D eigenvalue weighted by Crippen LogP contribution is -2.35. The number of nitrogens with one attached hydrogen (secondary N) is 1. The van der Waals surface area contributed by atoms with E-state index in [0.717, 1.165) is 13.1 Å². The molecule has 0 spiro atoms. The summed E-state index contributed by atoms with van der Waals surface area (Å²) < 4.78 is 0. The molecular formula is C16H24ClN3O. The molecule has 1 unspecified atom stereocenters. The Morgan fingerprint density at radius 2 is 2.24 bits per heavy atom. The average molecular weight is 310 g/mol. The highest BCUT2D eigenvalue weighted by atomic mass is 35.5. The molecule has 116 valence electrons. The van der Waals surface area contributed by atoms with Crippen molar-refractivity contribution in [2.45, 2.75) is 45.1 Å². The van der Waals surface area contributed by atoms with Gasteiger partial charge in [0.05, 0.1) is 11.4 Å². The molecule has 1 aliphatic rings. The third-order valence-corrected chi connectivity index (χ3v) is 4.34. The molecule has 0 aromatic heterocycles. The molecule has 1 aliphatic heterocycles. The summed E-state index contributed by atoms with van der Waals surface area (Å²) in [6.45, 7) is 4.14. The van der Waals surface area contributed by atoms with E-state index in [1.165, 1.54) is 25.7 Å². The first kappa shape index (κ1) is 16.1. The van der Waals surface area contributed by atoms with E-state index in [1.54, 1.807) is 18.2 Å². The smallest absolute Gasteiger partial charge is 0.225 e. The van der Waals surface area contributed by atoms with Gasteiger partial charge in [0.1, 0.15) is 0 Å². The van der Waals surface area contributed by atoms with Crippen molar-refractivity contribution in [3.05, 3.63) is 23.2 Å². The van der Waals surface area contributed by atoms with Gasteiger partial charge >= 0.3 is 0 Å². The highest BCUT2D eigenvalue weighted by Gasteiger charge is 2.17. The number of nitrogens with two attached hydrogens (primary N) is 1. The maximum Gasteiger partial charge on any atom is 0.225 e. The van der Waals surface area contributed by atoms with Gasteiger partial charge in [0.15, 0.2) is 0 Å². The van der Waals surface area contributed by atoms with Crippen LogP contribution in [0.1, 0.15) is 39.0 Å². The monoisotopic (exact) mass is 309 g/mol. The van der Waals surface area contributed by atoms with E-state index in [9.17, 15) is 4.79 Å². The summed E-state index contributed by atoms with van der Waals surface area (Å²) in [5, 5.41) is 3.42. The quantitative estimate of drug-likeness (QED) is 0.837. The maximum absolute atomic E-state index is 12.1. The van der Waals surface area contributed by atoms with Crippen LogP contribution < -0.4 is 11.1 Å². The molecule has 21 heavy (non-hydrogen) atoms. The van der Waals surface area contributed by atoms with Crippen molar-refractivity contribution in [2.24, 2.45) is 0 Å². The minimum atomic E-state index is -0.0135. The van der Waals surface area contributed by atoms with E-state index in [-0.39, 0.29) is 5.91 Å². The minimum absolute atomic E-state index is 0.0135. The van der Waals surface area contributed by atoms with Crippen molar-refractivity contribution in [3.63, 3.8) is 0 Å². The number of likely N-dealkylation sites (tertiary alicyclic amines) is 1. The molecule has 1 saturated heterocycles. The molecule has 0 aliphatic carbocycles. The van der Waals surface area contributed by atoms with Crippen molar-refractivity contribution < 1.29 is 4.79 Å². The Hall–Kier alpha value is -1.26. The summed E-state index contributed by atoms with van der Waals surface area (Å²) in [5.74, 6) is -0.0135. The molecule has 1 amide bonds. The summed E-state index contributed by atoms with van der Waals surface area (Å²) in [7, 11) is 0. The highest BCUT2D eigenvalue weighted by Crippen LogP contribution is 2.23. The van der Waals surface area contributed by atoms with Crippen LogP contribution in [0.5, 0.6) is 0 Å². The van der Waals surface area contributed by atoms with Crippen LogP contribution in [0.15, 0.2) is 18.2 Å². The number of benzene rings is 1. The number of hydrogen-bond acceptors (Lipinski definition) is 3. The van der Waals surface area contributed by atoms with E-state index in [4.69, 9.17) is 17.3 Å². The molecule has 0 bridgehead atoms. The van der Waals surface area contributed by atoms with Crippen LogP contribution in [-0.2, 0) is 4.79 Å². The fourth-order valence-corrected chi connectivity index (χ4v) is 2.93. The standard InChI is InChI=1S/C16H24ClN3O/c1-12-5-3-2-4-9-20(12)10-8-16(21)19-15-11-13(17)6-7-14(15)18/h6-7,11-12H,2-5,8-10,18H2,1H3,(H,19,21). The molecule has 0 saturated carbocycles. The molecule has 1 atom stereocenters. The van der Waals surface area contributed by atoms with E-state index >= 15 is 0 Å². The third kappa shape index (κ3) is 4.90. The number of carbonyl (C=O) groups excluding carboxylic acids is 1. The summed E-state index contributed by atoms with van der Waals surface area (Å²) in [4.78, 5) is 14.5. The first-order valence-corrected chi connectivity index (χ1v) is 8.03. The summed E-state index contributed by atoms with van der Waals surface area (Å²) in [6.07, 6.45) is 5.53. The molecule has 2 rings (SSSR count). The summed E-state index contributed by atoms with van der Waals surface area (Å²) >= 11 is 5.92. The lowest BCUT2D eigenvalue weighted by atomic mass is 10.1. The van der Waals surface area contributed by atoms with Gasteiger partial charge in [-0.25, -0.2) is 0 Å². The van der Waals surface area contributed by atoms with Crippen molar-refractivity contribution >= 4 is 28.9 Å². The van der Waals surface area contributed by atoms with Gasteiger partial charge in [-0.05, 0) is 44.5 Å². The van der Waals surface area contributed by atoms with E-state index in [0.29, 0.717) is 28.9 Å². The summed E-state index contributed by atoms with van der Waals surface area (Å²) in [5.41, 5.74) is 6.97. The fraction of sp³-hybridized carbons (Fsp3) is 0.562. The molecule has 4 nitrogen and oxygen atoms in total. The van der Waals surface area contributed by atoms with Crippen molar-refractivity contribution in [3.8, 4) is 0 Å². The molecule has 0 radical (unpaired) electrons. The SMILES string of the molecule is CC1CCCCCN1CCC(=O)Nc1cc(Cl)ccc1N. The molecule has 1 heterocycles. The van der Waals surface area contributed by atoms with E-state index < -0.39 is 0 Å². The molecule has 5 heteroatoms. The zero-order valence-electron chi connectivity index (χ0n) is 12.6. The number of amides is 1. The number of hydrogen-bond donors (Lipinski definition) is 2. The van der Waals surface area contributed by atoms with Gasteiger partial charge in [0, 0.05) is 24.0 Å².